The highest BCUT2D eigenvalue weighted by molar-refractivity contribution is 5.78. The number of nitrogens with one attached hydrogen (secondary N) is 2. The van der Waals surface area contributed by atoms with Crippen LogP contribution in [0.25, 0.3) is 11.0 Å². The molecule has 0 unspecified atom stereocenters. The van der Waals surface area contributed by atoms with Crippen molar-refractivity contribution in [3.63, 3.8) is 0 Å². The van der Waals surface area contributed by atoms with Crippen molar-refractivity contribution in [2.24, 2.45) is 0 Å². The molecule has 0 bridgehead atoms. The zero-order chi connectivity index (χ0) is 9.42. The number of H-pyrrole nitrogens is 1. The van der Waals surface area contributed by atoms with Crippen molar-refractivity contribution in [2.45, 2.75) is 0 Å². The number of nitriles is 1. The van der Waals surface area contributed by atoms with Gasteiger partial charge in [0, 0.05) is 0 Å². The van der Waals surface area contributed by atoms with Gasteiger partial charge in [0.25, 0.3) is 0 Å². The number of nitrogen functional groups attached to an aromatic ring is 1. The Morgan fingerprint density at radius 2 is 2.46 bits per heavy atom. The van der Waals surface area contributed by atoms with Crippen LogP contribution < -0.4 is 11.3 Å². The molecule has 0 aliphatic rings. The number of hydrogen-bond donors (Lipinski definition) is 3. The summed E-state index contributed by atoms with van der Waals surface area (Å²) in [5, 5.41) is 22.7. The molecule has 0 saturated carbocycles. The largest absolute Gasteiger partial charge is 0.336 e. The summed E-state index contributed by atoms with van der Waals surface area (Å²) in [5.74, 6) is 5.38. The van der Waals surface area contributed by atoms with Gasteiger partial charge < -0.3 is 5.84 Å². The maximum absolute atomic E-state index is 8.66. The van der Waals surface area contributed by atoms with Crippen molar-refractivity contribution < 1.29 is 0 Å². The van der Waals surface area contributed by atoms with Crippen LogP contribution in [0.4, 0.5) is 0 Å². The lowest BCUT2D eigenvalue weighted by Crippen LogP contribution is -2.27. The average molecular weight is 175 g/mol. The van der Waals surface area contributed by atoms with Gasteiger partial charge in [-0.25, -0.2) is 9.66 Å². The van der Waals surface area contributed by atoms with Crippen LogP contribution in [-0.2, 0) is 0 Å². The third-order valence-corrected chi connectivity index (χ3v) is 1.66. The first-order valence-corrected chi connectivity index (χ1v) is 3.39. The fraction of sp³-hybridized carbons (Fsp3) is 0. The lowest BCUT2D eigenvalue weighted by atomic mass is 10.3. The fourth-order valence-electron chi connectivity index (χ4n) is 1.03. The van der Waals surface area contributed by atoms with Gasteiger partial charge in [0.2, 0.25) is 0 Å². The van der Waals surface area contributed by atoms with Gasteiger partial charge in [-0.3, -0.25) is 10.5 Å². The summed E-state index contributed by atoms with van der Waals surface area (Å²) in [5.41, 5.74) is 0.533. The number of aromatic amines is 1. The molecule has 0 spiro atoms. The van der Waals surface area contributed by atoms with Crippen molar-refractivity contribution in [2.75, 3.05) is 5.84 Å². The van der Waals surface area contributed by atoms with Crippen LogP contribution >= 0.6 is 0 Å². The Labute approximate surface area is 71.9 Å². The molecular formula is C6H5N7. The summed E-state index contributed by atoms with van der Waals surface area (Å²) < 4.78 is 1.03. The van der Waals surface area contributed by atoms with E-state index in [4.69, 9.17) is 16.5 Å². The van der Waals surface area contributed by atoms with E-state index in [1.54, 1.807) is 0 Å². The van der Waals surface area contributed by atoms with Crippen molar-refractivity contribution >= 4 is 11.0 Å². The lowest BCUT2D eigenvalue weighted by molar-refractivity contribution is 0.865. The Morgan fingerprint density at radius 3 is 3.15 bits per heavy atom. The molecule has 2 aromatic rings. The fourth-order valence-corrected chi connectivity index (χ4v) is 1.03. The first kappa shape index (κ1) is 7.30. The molecular weight excluding hydrogens is 170 g/mol. The van der Waals surface area contributed by atoms with Gasteiger partial charge in [-0.15, -0.1) is 0 Å². The zero-order valence-corrected chi connectivity index (χ0v) is 6.44. The SMILES string of the molecule is N#Cc1[nH]nc2ncn(N)c(=N)c12. The third kappa shape index (κ3) is 0.856. The van der Waals surface area contributed by atoms with Crippen LogP contribution in [0, 0.1) is 16.7 Å². The van der Waals surface area contributed by atoms with Gasteiger partial charge in [0.15, 0.2) is 11.1 Å². The molecule has 2 aromatic heterocycles. The molecule has 4 N–H and O–H groups in total. The number of nitrogens with zero attached hydrogens (tertiary/aromatic N) is 4. The quantitative estimate of drug-likeness (QED) is 0.436. The maximum atomic E-state index is 8.66. The molecule has 0 amide bonds. The molecule has 0 radical (unpaired) electrons. The molecule has 0 fully saturated rings. The van der Waals surface area contributed by atoms with E-state index >= 15 is 0 Å². The predicted molar refractivity (Wildman–Crippen MR) is 42.6 cm³/mol. The van der Waals surface area contributed by atoms with E-state index in [-0.39, 0.29) is 11.2 Å². The summed E-state index contributed by atoms with van der Waals surface area (Å²) in [6.07, 6.45) is 1.27. The van der Waals surface area contributed by atoms with E-state index < -0.39 is 0 Å². The van der Waals surface area contributed by atoms with Gasteiger partial charge in [0.05, 0.1) is 0 Å². The van der Waals surface area contributed by atoms with E-state index in [1.165, 1.54) is 6.33 Å². The highest BCUT2D eigenvalue weighted by Gasteiger charge is 2.08. The molecule has 64 valence electrons. The summed E-state index contributed by atoms with van der Waals surface area (Å²) in [4.78, 5) is 3.83. The van der Waals surface area contributed by atoms with Crippen LogP contribution in [0.3, 0.4) is 0 Å². The number of nitrogens with two attached hydrogens (primary N) is 1. The first-order chi connectivity index (χ1) is 6.24. The second kappa shape index (κ2) is 2.31. The Hall–Kier alpha value is -2.36. The standard InChI is InChI=1S/C6H5N7/c7-1-3-4-5(8)13(9)2-10-6(4)12-11-3/h2,8H,9H2,(H,11,12). The third-order valence-electron chi connectivity index (χ3n) is 1.66. The second-order valence-corrected chi connectivity index (χ2v) is 2.41. The van der Waals surface area contributed by atoms with Gasteiger partial charge >= 0.3 is 0 Å². The van der Waals surface area contributed by atoms with Gasteiger partial charge in [-0.05, 0) is 0 Å². The summed E-state index contributed by atoms with van der Waals surface area (Å²) in [6.45, 7) is 0. The van der Waals surface area contributed by atoms with Crippen molar-refractivity contribution in [1.29, 1.82) is 10.7 Å². The van der Waals surface area contributed by atoms with Crippen molar-refractivity contribution in [3.8, 4) is 6.07 Å². The number of fused-ring (bicyclic) bond motifs is 1. The molecule has 7 nitrogen and oxygen atoms in total. The zero-order valence-electron chi connectivity index (χ0n) is 6.44. The molecule has 13 heavy (non-hydrogen) atoms. The maximum Gasteiger partial charge on any atom is 0.187 e. The molecule has 7 heteroatoms. The van der Waals surface area contributed by atoms with E-state index in [9.17, 15) is 0 Å². The van der Waals surface area contributed by atoms with E-state index in [2.05, 4.69) is 15.2 Å². The first-order valence-electron chi connectivity index (χ1n) is 3.39. The Kier molecular flexibility index (Phi) is 1.30. The van der Waals surface area contributed by atoms with Gasteiger partial charge in [-0.1, -0.05) is 0 Å². The van der Waals surface area contributed by atoms with E-state index in [1.807, 2.05) is 6.07 Å². The van der Waals surface area contributed by atoms with Crippen molar-refractivity contribution in [3.05, 3.63) is 17.5 Å². The highest BCUT2D eigenvalue weighted by Crippen LogP contribution is 2.05. The van der Waals surface area contributed by atoms with Crippen LogP contribution in [0.5, 0.6) is 0 Å². The molecule has 0 saturated heterocycles. The smallest absolute Gasteiger partial charge is 0.187 e. The average Bonchev–Trinajstić information content (AvgIpc) is 2.55. The minimum Gasteiger partial charge on any atom is -0.336 e. The van der Waals surface area contributed by atoms with E-state index in [0.717, 1.165) is 4.68 Å². The number of rotatable bonds is 0. The Bertz CT molecular complexity index is 554. The van der Waals surface area contributed by atoms with Crippen molar-refractivity contribution in [1.82, 2.24) is 19.9 Å². The number of hydrogen-bond acceptors (Lipinski definition) is 5. The molecule has 2 rings (SSSR count). The monoisotopic (exact) mass is 175 g/mol. The minimum atomic E-state index is 0.00954. The lowest BCUT2D eigenvalue weighted by Gasteiger charge is -1.95. The Morgan fingerprint density at radius 1 is 1.69 bits per heavy atom. The summed E-state index contributed by atoms with van der Waals surface area (Å²) in [6, 6.07) is 1.87. The molecule has 0 aliphatic carbocycles. The predicted octanol–water partition coefficient (Wildman–Crippen LogP) is -1.18. The number of aromatic nitrogens is 4. The highest BCUT2D eigenvalue weighted by atomic mass is 15.3. The molecule has 0 aliphatic heterocycles. The summed E-state index contributed by atoms with van der Waals surface area (Å²) >= 11 is 0. The second-order valence-electron chi connectivity index (χ2n) is 2.41. The van der Waals surface area contributed by atoms with Crippen LogP contribution in [0.2, 0.25) is 0 Å². The van der Waals surface area contributed by atoms with Gasteiger partial charge in [0.1, 0.15) is 23.5 Å². The van der Waals surface area contributed by atoms with E-state index in [0.29, 0.717) is 11.0 Å². The van der Waals surface area contributed by atoms with Crippen LogP contribution in [0.1, 0.15) is 5.69 Å². The minimum absolute atomic E-state index is 0.00954. The molecule has 0 atom stereocenters. The topological polar surface area (TPSA) is 120 Å². The van der Waals surface area contributed by atoms with Crippen LogP contribution in [0.15, 0.2) is 6.33 Å². The van der Waals surface area contributed by atoms with Gasteiger partial charge in [-0.2, -0.15) is 10.4 Å². The van der Waals surface area contributed by atoms with Crippen LogP contribution in [-0.4, -0.2) is 19.9 Å². The molecule has 2 heterocycles. The normalized spacial score (nSPS) is 10.1. The Balaban J connectivity index is 3.05. The molecule has 0 aromatic carbocycles. The summed E-state index contributed by atoms with van der Waals surface area (Å²) in [7, 11) is 0.